The quantitative estimate of drug-likeness (QED) is 0.513. The fourth-order valence-corrected chi connectivity index (χ4v) is 3.02. The molecule has 3 atom stereocenters. The van der Waals surface area contributed by atoms with Crippen LogP contribution in [0, 0.1) is 16.7 Å². The van der Waals surface area contributed by atoms with Crippen LogP contribution in [0.5, 0.6) is 0 Å². The largest absolute Gasteiger partial charge is 0.464 e. The van der Waals surface area contributed by atoms with Crippen molar-refractivity contribution in [2.75, 3.05) is 6.61 Å². The lowest BCUT2D eigenvalue weighted by atomic mass is 9.64. The summed E-state index contributed by atoms with van der Waals surface area (Å²) in [5.41, 5.74) is 3.05. The highest BCUT2D eigenvalue weighted by Gasteiger charge is 2.60. The number of hydrogen-bond donors (Lipinski definition) is 0. The average Bonchev–Trinajstić information content (AvgIpc) is 2.37. The average molecular weight is 208 g/mol. The van der Waals surface area contributed by atoms with Crippen LogP contribution in [0.25, 0.3) is 0 Å². The molecule has 2 fully saturated rings. The Morgan fingerprint density at radius 3 is 2.87 bits per heavy atom. The van der Waals surface area contributed by atoms with E-state index < -0.39 is 0 Å². The van der Waals surface area contributed by atoms with Gasteiger partial charge in [0.25, 0.3) is 0 Å². The van der Waals surface area contributed by atoms with Gasteiger partial charge in [0.1, 0.15) is 6.26 Å². The molecule has 0 aromatic heterocycles. The van der Waals surface area contributed by atoms with Gasteiger partial charge in [0.05, 0.1) is 6.61 Å². The standard InChI is InChI=1S/C13H20O2/c1-5-8-14-11-13(4)7-6-10(9-15-11)12(13,2)3/h8,10-11H,1,6-7,9H2,2-4H3/t10-,11+,13+/m1/s1. The van der Waals surface area contributed by atoms with E-state index in [-0.39, 0.29) is 11.7 Å². The van der Waals surface area contributed by atoms with E-state index in [1.54, 1.807) is 0 Å². The first kappa shape index (κ1) is 10.8. The van der Waals surface area contributed by atoms with Crippen molar-refractivity contribution < 1.29 is 9.47 Å². The summed E-state index contributed by atoms with van der Waals surface area (Å²) in [7, 11) is 0. The SMILES string of the molecule is C=C=CO[C@H]1OC[C@H]2CC[C@]1(C)C2(C)C. The van der Waals surface area contributed by atoms with Crippen LogP contribution in [-0.2, 0) is 9.47 Å². The molecule has 1 heterocycles. The summed E-state index contributed by atoms with van der Waals surface area (Å²) in [5.74, 6) is 0.676. The minimum absolute atomic E-state index is 0.114. The first-order valence-corrected chi connectivity index (χ1v) is 5.64. The molecule has 0 amide bonds. The van der Waals surface area contributed by atoms with Crippen molar-refractivity contribution in [3.63, 3.8) is 0 Å². The highest BCUT2D eigenvalue weighted by Crippen LogP contribution is 2.61. The van der Waals surface area contributed by atoms with Gasteiger partial charge in [-0.15, -0.1) is 0 Å². The van der Waals surface area contributed by atoms with E-state index in [1.807, 2.05) is 0 Å². The molecule has 0 aromatic rings. The van der Waals surface area contributed by atoms with Crippen LogP contribution in [0.2, 0.25) is 0 Å². The summed E-state index contributed by atoms with van der Waals surface area (Å²) in [6, 6.07) is 0. The van der Waals surface area contributed by atoms with Gasteiger partial charge in [-0.1, -0.05) is 33.1 Å². The predicted molar refractivity (Wildman–Crippen MR) is 59.1 cm³/mol. The molecule has 1 aliphatic carbocycles. The Labute approximate surface area is 92.0 Å². The lowest BCUT2D eigenvalue weighted by Gasteiger charge is -2.49. The number of hydrogen-bond acceptors (Lipinski definition) is 2. The van der Waals surface area contributed by atoms with Gasteiger partial charge in [-0.05, 0) is 24.2 Å². The van der Waals surface area contributed by atoms with Gasteiger partial charge < -0.3 is 9.47 Å². The molecule has 2 heteroatoms. The molecule has 2 aliphatic rings. The molecule has 2 rings (SSSR count). The number of rotatable bonds is 2. The summed E-state index contributed by atoms with van der Waals surface area (Å²) in [4.78, 5) is 0. The van der Waals surface area contributed by atoms with Crippen molar-refractivity contribution in [2.24, 2.45) is 16.7 Å². The lowest BCUT2D eigenvalue weighted by molar-refractivity contribution is -0.243. The fraction of sp³-hybridized carbons (Fsp3) is 0.769. The summed E-state index contributed by atoms with van der Waals surface area (Å²) in [6.07, 6.45) is 3.81. The van der Waals surface area contributed by atoms with E-state index in [0.717, 1.165) is 6.61 Å². The maximum atomic E-state index is 5.78. The third-order valence-corrected chi connectivity index (χ3v) is 4.75. The zero-order chi connectivity index (χ0) is 11.1. The molecule has 1 saturated heterocycles. The Bertz CT molecular complexity index is 302. The molecule has 2 bridgehead atoms. The number of fused-ring (bicyclic) bond motifs is 2. The van der Waals surface area contributed by atoms with Gasteiger partial charge in [0, 0.05) is 5.41 Å². The van der Waals surface area contributed by atoms with Crippen molar-refractivity contribution in [1.82, 2.24) is 0 Å². The number of ether oxygens (including phenoxy) is 2. The summed E-state index contributed by atoms with van der Waals surface area (Å²) < 4.78 is 11.4. The van der Waals surface area contributed by atoms with Crippen LogP contribution in [0.3, 0.4) is 0 Å². The van der Waals surface area contributed by atoms with E-state index in [0.29, 0.717) is 11.3 Å². The topological polar surface area (TPSA) is 18.5 Å². The van der Waals surface area contributed by atoms with E-state index in [9.17, 15) is 0 Å². The van der Waals surface area contributed by atoms with E-state index in [2.05, 4.69) is 33.1 Å². The van der Waals surface area contributed by atoms with Gasteiger partial charge in [-0.2, -0.15) is 0 Å². The Morgan fingerprint density at radius 1 is 1.47 bits per heavy atom. The Kier molecular flexibility index (Phi) is 2.44. The summed E-state index contributed by atoms with van der Waals surface area (Å²) in [5, 5.41) is 0. The second kappa shape index (κ2) is 3.40. The van der Waals surface area contributed by atoms with Crippen molar-refractivity contribution in [2.45, 2.75) is 39.9 Å². The van der Waals surface area contributed by atoms with Crippen LogP contribution in [-0.4, -0.2) is 12.9 Å². The second-order valence-electron chi connectivity index (χ2n) is 5.50. The molecule has 2 nitrogen and oxygen atoms in total. The minimum atomic E-state index is -0.138. The monoisotopic (exact) mass is 208 g/mol. The molecule has 84 valence electrons. The van der Waals surface area contributed by atoms with Gasteiger partial charge in [-0.25, -0.2) is 0 Å². The summed E-state index contributed by atoms with van der Waals surface area (Å²) >= 11 is 0. The van der Waals surface area contributed by atoms with Crippen molar-refractivity contribution in [1.29, 1.82) is 0 Å². The van der Waals surface area contributed by atoms with Crippen molar-refractivity contribution in [3.05, 3.63) is 18.6 Å². The zero-order valence-corrected chi connectivity index (χ0v) is 9.88. The Hall–Kier alpha value is -0.720. The summed E-state index contributed by atoms with van der Waals surface area (Å²) in [6.45, 7) is 11.3. The van der Waals surface area contributed by atoms with Gasteiger partial charge in [0.15, 0.2) is 0 Å². The molecular formula is C13H20O2. The van der Waals surface area contributed by atoms with Crippen LogP contribution in [0.1, 0.15) is 33.6 Å². The van der Waals surface area contributed by atoms with Gasteiger partial charge >= 0.3 is 0 Å². The molecule has 1 aliphatic heterocycles. The van der Waals surface area contributed by atoms with Gasteiger partial charge in [0.2, 0.25) is 6.29 Å². The van der Waals surface area contributed by atoms with Crippen molar-refractivity contribution in [3.8, 4) is 0 Å². The highest BCUT2D eigenvalue weighted by molar-refractivity contribution is 5.05. The Morgan fingerprint density at radius 2 is 2.20 bits per heavy atom. The predicted octanol–water partition coefficient (Wildman–Crippen LogP) is 3.10. The highest BCUT2D eigenvalue weighted by atomic mass is 16.7. The molecular weight excluding hydrogens is 188 g/mol. The first-order valence-electron chi connectivity index (χ1n) is 5.64. The lowest BCUT2D eigenvalue weighted by Crippen LogP contribution is -2.50. The normalized spacial score (nSPS) is 42.1. The first-order chi connectivity index (χ1) is 7.02. The molecule has 15 heavy (non-hydrogen) atoms. The third kappa shape index (κ3) is 1.36. The minimum Gasteiger partial charge on any atom is -0.464 e. The fourth-order valence-electron chi connectivity index (χ4n) is 3.02. The maximum absolute atomic E-state index is 5.78. The van der Waals surface area contributed by atoms with Crippen LogP contribution >= 0.6 is 0 Å². The molecule has 0 spiro atoms. The molecule has 1 saturated carbocycles. The zero-order valence-electron chi connectivity index (χ0n) is 9.88. The van der Waals surface area contributed by atoms with Crippen LogP contribution in [0.15, 0.2) is 18.6 Å². The van der Waals surface area contributed by atoms with Crippen LogP contribution in [0.4, 0.5) is 0 Å². The van der Waals surface area contributed by atoms with E-state index in [4.69, 9.17) is 9.47 Å². The molecule has 0 aromatic carbocycles. The van der Waals surface area contributed by atoms with E-state index in [1.165, 1.54) is 19.1 Å². The third-order valence-electron chi connectivity index (χ3n) is 4.75. The van der Waals surface area contributed by atoms with E-state index >= 15 is 0 Å². The molecule has 0 unspecified atom stereocenters. The Balaban J connectivity index is 2.25. The van der Waals surface area contributed by atoms with Gasteiger partial charge in [-0.3, -0.25) is 0 Å². The molecule has 0 radical (unpaired) electrons. The van der Waals surface area contributed by atoms with Crippen molar-refractivity contribution >= 4 is 0 Å². The van der Waals surface area contributed by atoms with Crippen LogP contribution < -0.4 is 0 Å². The second-order valence-corrected chi connectivity index (χ2v) is 5.50. The maximum Gasteiger partial charge on any atom is 0.205 e. The smallest absolute Gasteiger partial charge is 0.205 e. The molecule has 0 N–H and O–H groups in total.